The Bertz CT molecular complexity index is 1940. The lowest BCUT2D eigenvalue weighted by molar-refractivity contribution is -0.151. The highest BCUT2D eigenvalue weighted by molar-refractivity contribution is 5.89. The number of para-hydroxylation sites is 1. The summed E-state index contributed by atoms with van der Waals surface area (Å²) in [6, 6.07) is 14.1. The van der Waals surface area contributed by atoms with Gasteiger partial charge in [-0.1, -0.05) is 43.2 Å². The second-order valence-corrected chi connectivity index (χ2v) is 15.6. The van der Waals surface area contributed by atoms with E-state index in [0.717, 1.165) is 55.5 Å². The van der Waals surface area contributed by atoms with E-state index in [0.29, 0.717) is 12.0 Å². The van der Waals surface area contributed by atoms with E-state index in [1.165, 1.54) is 75.7 Å². The number of aromatic amines is 2. The van der Waals surface area contributed by atoms with Crippen molar-refractivity contribution in [3.8, 4) is 5.75 Å². The topological polar surface area (TPSA) is 73.6 Å². The number of carbonyl (C=O) groups is 1. The van der Waals surface area contributed by atoms with Gasteiger partial charge in [-0.15, -0.1) is 0 Å². The Kier molecular flexibility index (Phi) is 7.32. The largest absolute Gasteiger partial charge is 0.496 e. The van der Waals surface area contributed by atoms with Crippen LogP contribution in [0.15, 0.2) is 48.0 Å². The van der Waals surface area contributed by atoms with Crippen LogP contribution in [0, 0.1) is 23.7 Å². The van der Waals surface area contributed by atoms with Crippen molar-refractivity contribution >= 4 is 27.8 Å². The lowest BCUT2D eigenvalue weighted by Gasteiger charge is -2.53. The number of hydrogen-bond donors (Lipinski definition) is 2. The van der Waals surface area contributed by atoms with Crippen LogP contribution in [0.5, 0.6) is 5.75 Å². The first-order valence-electron chi connectivity index (χ1n) is 18.4. The Morgan fingerprint density at radius 3 is 2.62 bits per heavy atom. The molecular formula is C41H50N4O3. The molecule has 10 rings (SSSR count). The summed E-state index contributed by atoms with van der Waals surface area (Å²) in [6.07, 6.45) is 8.91. The van der Waals surface area contributed by atoms with Crippen LogP contribution in [-0.4, -0.2) is 78.7 Å². The van der Waals surface area contributed by atoms with E-state index in [-0.39, 0.29) is 29.8 Å². The van der Waals surface area contributed by atoms with E-state index < -0.39 is 0 Å². The van der Waals surface area contributed by atoms with Crippen LogP contribution in [0.25, 0.3) is 21.8 Å². The molecule has 0 amide bonds. The Hall–Kier alpha value is -3.55. The number of likely N-dealkylation sites (N-methyl/N-ethyl adjacent to an activating group) is 1. The molecule has 2 unspecified atom stereocenters. The molecule has 1 saturated carbocycles. The normalized spacial score (nSPS) is 33.6. The van der Waals surface area contributed by atoms with Crippen molar-refractivity contribution in [1.82, 2.24) is 19.8 Å². The number of rotatable bonds is 4. The van der Waals surface area contributed by atoms with Crippen LogP contribution in [-0.2, 0) is 22.4 Å². The highest BCUT2D eigenvalue weighted by Crippen LogP contribution is 2.53. The zero-order valence-electron chi connectivity index (χ0n) is 29.1. The predicted octanol–water partition coefficient (Wildman–Crippen LogP) is 7.16. The maximum atomic E-state index is 13.7. The molecule has 9 atom stereocenters. The quantitative estimate of drug-likeness (QED) is 0.182. The summed E-state index contributed by atoms with van der Waals surface area (Å²) >= 11 is 0. The Morgan fingerprint density at radius 1 is 1.00 bits per heavy atom. The van der Waals surface area contributed by atoms with E-state index in [2.05, 4.69) is 83.1 Å². The van der Waals surface area contributed by atoms with Crippen molar-refractivity contribution in [3.05, 3.63) is 76.1 Å². The predicted molar refractivity (Wildman–Crippen MR) is 191 cm³/mol. The summed E-state index contributed by atoms with van der Waals surface area (Å²) in [4.78, 5) is 26.9. The van der Waals surface area contributed by atoms with Gasteiger partial charge in [0.1, 0.15) is 5.75 Å². The highest BCUT2D eigenvalue weighted by Gasteiger charge is 2.50. The van der Waals surface area contributed by atoms with Crippen molar-refractivity contribution in [2.45, 2.75) is 76.3 Å². The molecule has 4 aliphatic heterocycles. The third-order valence-corrected chi connectivity index (χ3v) is 13.5. The number of nitrogens with zero attached hydrogens (tertiary/aromatic N) is 2. The van der Waals surface area contributed by atoms with Crippen molar-refractivity contribution < 1.29 is 14.3 Å². The number of likely N-dealkylation sites (tertiary alicyclic amines) is 1. The van der Waals surface area contributed by atoms with Crippen LogP contribution in [0.2, 0.25) is 0 Å². The number of hydrogen-bond acceptors (Lipinski definition) is 5. The lowest BCUT2D eigenvalue weighted by atomic mass is 9.65. The van der Waals surface area contributed by atoms with Gasteiger partial charge in [0, 0.05) is 82.3 Å². The summed E-state index contributed by atoms with van der Waals surface area (Å²) in [6.45, 7) is 7.81. The van der Waals surface area contributed by atoms with Gasteiger partial charge < -0.3 is 19.4 Å². The Labute approximate surface area is 284 Å². The average Bonchev–Trinajstić information content (AvgIpc) is 3.62. The number of aromatic nitrogens is 2. The number of carbonyl (C=O) groups excluding carboxylic acids is 1. The number of benzene rings is 2. The van der Waals surface area contributed by atoms with Gasteiger partial charge >= 0.3 is 5.97 Å². The molecule has 2 aliphatic carbocycles. The second kappa shape index (κ2) is 11.5. The Balaban J connectivity index is 1.23. The fourth-order valence-corrected chi connectivity index (χ4v) is 11.4. The molecule has 7 heteroatoms. The maximum Gasteiger partial charge on any atom is 0.310 e. The van der Waals surface area contributed by atoms with Crippen LogP contribution in [0.4, 0.5) is 0 Å². The number of allylic oxidation sites excluding steroid dienone is 1. The molecule has 0 radical (unpaired) electrons. The number of fused-ring (bicyclic) bond motifs is 9. The Morgan fingerprint density at radius 2 is 1.83 bits per heavy atom. The molecule has 3 saturated heterocycles. The van der Waals surface area contributed by atoms with Crippen LogP contribution < -0.4 is 4.74 Å². The standard InChI is InChI=1S/C41H50N4O3/c1-6-23-14-22-15-32-38-26(12-13-45(20-22)40(23)32)28-19-36(47-4)29(17-34(28)43-38)30-16-27-24(7-2)21-44(3)35(37(27)41(46)48-5)18-31-25-10-8-9-11-33(25)42-39(30)31/h7-11,17,19,22-23,27,30,32,35,37,40,42-43H,6,12-16,18,20-21H2,1-5H3/b24-7-/t22-,23-,27-,30+,32-,35-,37-,40?/m0/s1. The molecule has 2 N–H and O–H groups in total. The number of H-pyrrole nitrogens is 2. The summed E-state index contributed by atoms with van der Waals surface area (Å²) in [5.74, 6) is 2.89. The van der Waals surface area contributed by atoms with Crippen molar-refractivity contribution in [2.75, 3.05) is 40.9 Å². The van der Waals surface area contributed by atoms with Gasteiger partial charge in [-0.25, -0.2) is 0 Å². The first kappa shape index (κ1) is 30.5. The second-order valence-electron chi connectivity index (χ2n) is 15.6. The lowest BCUT2D eigenvalue weighted by Crippen LogP contribution is -2.56. The van der Waals surface area contributed by atoms with Gasteiger partial charge in [0.25, 0.3) is 0 Å². The number of esters is 1. The minimum absolute atomic E-state index is 0.0250. The smallest absolute Gasteiger partial charge is 0.310 e. The molecule has 7 nitrogen and oxygen atoms in total. The van der Waals surface area contributed by atoms with Crippen molar-refractivity contribution in [3.63, 3.8) is 0 Å². The van der Waals surface area contributed by atoms with Gasteiger partial charge in [-0.2, -0.15) is 0 Å². The van der Waals surface area contributed by atoms with Crippen LogP contribution in [0.1, 0.15) is 79.4 Å². The first-order chi connectivity index (χ1) is 23.4. The minimum Gasteiger partial charge on any atom is -0.496 e. The van der Waals surface area contributed by atoms with Gasteiger partial charge in [0.15, 0.2) is 0 Å². The van der Waals surface area contributed by atoms with Gasteiger partial charge in [-0.3, -0.25) is 14.6 Å². The fourth-order valence-electron chi connectivity index (χ4n) is 11.4. The molecule has 2 aromatic carbocycles. The number of piperidine rings is 3. The molecule has 2 aromatic heterocycles. The van der Waals surface area contributed by atoms with E-state index in [1.54, 1.807) is 7.11 Å². The van der Waals surface area contributed by atoms with E-state index in [9.17, 15) is 4.79 Å². The average molecular weight is 647 g/mol. The first-order valence-corrected chi connectivity index (χ1v) is 18.4. The van der Waals surface area contributed by atoms with E-state index in [1.807, 2.05) is 7.11 Å². The number of nitrogens with one attached hydrogen (secondary N) is 2. The van der Waals surface area contributed by atoms with Crippen LogP contribution >= 0.6 is 0 Å². The summed E-state index contributed by atoms with van der Waals surface area (Å²) in [7, 11) is 5.54. The van der Waals surface area contributed by atoms with Gasteiger partial charge in [-0.05, 0) is 93.2 Å². The zero-order valence-corrected chi connectivity index (χ0v) is 29.1. The van der Waals surface area contributed by atoms with E-state index in [4.69, 9.17) is 9.47 Å². The molecular weight excluding hydrogens is 596 g/mol. The van der Waals surface area contributed by atoms with Crippen molar-refractivity contribution in [1.29, 1.82) is 0 Å². The van der Waals surface area contributed by atoms with E-state index >= 15 is 0 Å². The van der Waals surface area contributed by atoms with Gasteiger partial charge in [0.2, 0.25) is 0 Å². The summed E-state index contributed by atoms with van der Waals surface area (Å²) in [5.41, 5.74) is 10.5. The molecule has 4 fully saturated rings. The molecule has 6 bridgehead atoms. The maximum absolute atomic E-state index is 13.7. The molecule has 252 valence electrons. The number of methoxy groups -OCH3 is 2. The third-order valence-electron chi connectivity index (χ3n) is 13.5. The third kappa shape index (κ3) is 4.42. The number of ether oxygens (including phenoxy) is 2. The summed E-state index contributed by atoms with van der Waals surface area (Å²) in [5, 5.41) is 2.57. The summed E-state index contributed by atoms with van der Waals surface area (Å²) < 4.78 is 11.9. The monoisotopic (exact) mass is 646 g/mol. The molecule has 0 spiro atoms. The highest BCUT2D eigenvalue weighted by atomic mass is 16.5. The molecule has 6 heterocycles. The fraction of sp³-hybridized carbons (Fsp3) is 0.537. The molecule has 6 aliphatic rings. The van der Waals surface area contributed by atoms with Gasteiger partial charge in [0.05, 0.1) is 20.1 Å². The van der Waals surface area contributed by atoms with Crippen LogP contribution in [0.3, 0.4) is 0 Å². The molecule has 4 aromatic rings. The zero-order chi connectivity index (χ0) is 32.8. The molecule has 48 heavy (non-hydrogen) atoms. The van der Waals surface area contributed by atoms with Crippen molar-refractivity contribution in [2.24, 2.45) is 23.7 Å². The minimum atomic E-state index is -0.239. The SMILES string of the molecule is C/C=C1/CN(C)[C@H]2Cc3c([nH]c4ccccc34)[C@@H](c3cc4[nH]c5c(c4cc3OC)CCN3C[C@H]4C[C@H](CC)C3[C@H]5C4)C[C@@H]1[C@@H]2C(=O)OC.